The zero-order valence-electron chi connectivity index (χ0n) is 9.18. The topological polar surface area (TPSA) is 105 Å². The number of hydrogen-bond donors (Lipinski definition) is 3. The quantitative estimate of drug-likeness (QED) is 0.639. The van der Waals surface area contributed by atoms with Gasteiger partial charge in [-0.2, -0.15) is 0 Å². The molecule has 0 aliphatic heterocycles. The molecule has 2 aromatic heterocycles. The molecule has 90 valence electrons. The highest BCUT2D eigenvalue weighted by molar-refractivity contribution is 6.04. The molecule has 18 heavy (non-hydrogen) atoms. The molecule has 0 atom stereocenters. The van der Waals surface area contributed by atoms with Gasteiger partial charge in [0.15, 0.2) is 0 Å². The van der Waals surface area contributed by atoms with Gasteiger partial charge in [-0.1, -0.05) is 23.4 Å². The highest BCUT2D eigenvalue weighted by Crippen LogP contribution is 2.34. The van der Waals surface area contributed by atoms with Crippen LogP contribution in [-0.4, -0.2) is 21.2 Å². The van der Waals surface area contributed by atoms with Gasteiger partial charge in [0.1, 0.15) is 0 Å². The summed E-state index contributed by atoms with van der Waals surface area (Å²) in [6, 6.07) is 7.52. The van der Waals surface area contributed by atoms with E-state index >= 15 is 0 Å². The van der Waals surface area contributed by atoms with E-state index in [1.54, 1.807) is 6.20 Å². The Labute approximate surface area is 101 Å². The molecule has 6 heteroatoms. The Morgan fingerprint density at radius 3 is 2.94 bits per heavy atom. The van der Waals surface area contributed by atoms with E-state index in [0.717, 1.165) is 10.9 Å². The molecule has 6 nitrogen and oxygen atoms in total. The van der Waals surface area contributed by atoms with Crippen molar-refractivity contribution in [1.29, 1.82) is 0 Å². The molecule has 0 aliphatic rings. The number of carboxylic acids is 1. The molecule has 0 amide bonds. The zero-order valence-corrected chi connectivity index (χ0v) is 9.18. The molecule has 3 rings (SSSR count). The highest BCUT2D eigenvalue weighted by Gasteiger charge is 2.23. The lowest BCUT2D eigenvalue weighted by Crippen LogP contribution is -1.99. The summed E-state index contributed by atoms with van der Waals surface area (Å²) in [5, 5.41) is 13.4. The van der Waals surface area contributed by atoms with Crippen LogP contribution in [0, 0.1) is 0 Å². The van der Waals surface area contributed by atoms with Crippen molar-refractivity contribution in [3.63, 3.8) is 0 Å². The van der Waals surface area contributed by atoms with Gasteiger partial charge < -0.3 is 20.3 Å². The number of H-pyrrole nitrogens is 1. The first-order valence-corrected chi connectivity index (χ1v) is 5.23. The van der Waals surface area contributed by atoms with Crippen molar-refractivity contribution in [1.82, 2.24) is 10.1 Å². The van der Waals surface area contributed by atoms with Gasteiger partial charge >= 0.3 is 5.97 Å². The monoisotopic (exact) mass is 243 g/mol. The third-order valence-corrected chi connectivity index (χ3v) is 2.78. The van der Waals surface area contributed by atoms with Gasteiger partial charge in [-0.15, -0.1) is 0 Å². The number of anilines is 1. The first-order valence-electron chi connectivity index (χ1n) is 5.23. The van der Waals surface area contributed by atoms with Crippen LogP contribution >= 0.6 is 0 Å². The summed E-state index contributed by atoms with van der Waals surface area (Å²) >= 11 is 0. The van der Waals surface area contributed by atoms with Crippen molar-refractivity contribution in [2.45, 2.75) is 0 Å². The lowest BCUT2D eigenvalue weighted by molar-refractivity contribution is 0.0686. The van der Waals surface area contributed by atoms with Crippen LogP contribution in [0.1, 0.15) is 10.5 Å². The molecule has 0 fully saturated rings. The summed E-state index contributed by atoms with van der Waals surface area (Å²) in [6.45, 7) is 0. The molecule has 0 bridgehead atoms. The largest absolute Gasteiger partial charge is 0.476 e. The molecule has 0 saturated heterocycles. The number of carbonyl (C=O) groups is 1. The number of nitrogens with one attached hydrogen (secondary N) is 1. The van der Waals surface area contributed by atoms with Crippen LogP contribution in [0.2, 0.25) is 0 Å². The third kappa shape index (κ3) is 1.36. The van der Waals surface area contributed by atoms with Gasteiger partial charge in [-0.05, 0) is 6.07 Å². The smallest absolute Gasteiger partial charge is 0.358 e. The van der Waals surface area contributed by atoms with E-state index in [1.165, 1.54) is 0 Å². The van der Waals surface area contributed by atoms with E-state index in [4.69, 9.17) is 15.4 Å². The molecule has 0 spiro atoms. The van der Waals surface area contributed by atoms with Crippen LogP contribution in [-0.2, 0) is 0 Å². The lowest BCUT2D eigenvalue weighted by Gasteiger charge is -1.97. The van der Waals surface area contributed by atoms with E-state index in [2.05, 4.69) is 10.1 Å². The number of benzene rings is 1. The number of hydrogen-bond acceptors (Lipinski definition) is 4. The van der Waals surface area contributed by atoms with Crippen molar-refractivity contribution in [3.8, 4) is 11.1 Å². The summed E-state index contributed by atoms with van der Waals surface area (Å²) in [5.41, 5.74) is 7.34. The first kappa shape index (κ1) is 10.4. The van der Waals surface area contributed by atoms with Crippen molar-refractivity contribution in [2.24, 2.45) is 0 Å². The Bertz CT molecular complexity index is 742. The second-order valence-corrected chi connectivity index (χ2v) is 3.82. The predicted octanol–water partition coefficient (Wildman–Crippen LogP) is 2.10. The molecule has 0 aliphatic carbocycles. The Morgan fingerprint density at radius 2 is 2.17 bits per heavy atom. The van der Waals surface area contributed by atoms with Crippen molar-refractivity contribution in [3.05, 3.63) is 36.2 Å². The Hall–Kier alpha value is -2.76. The van der Waals surface area contributed by atoms with Gasteiger partial charge in [0.25, 0.3) is 0 Å². The average molecular weight is 243 g/mol. The molecule has 2 heterocycles. The second kappa shape index (κ2) is 3.63. The summed E-state index contributed by atoms with van der Waals surface area (Å²) in [6.07, 6.45) is 1.69. The fraction of sp³-hybridized carbons (Fsp3) is 0. The lowest BCUT2D eigenvalue weighted by atomic mass is 10.0. The fourth-order valence-corrected chi connectivity index (χ4v) is 1.99. The minimum absolute atomic E-state index is 0.00264. The molecule has 1 aromatic carbocycles. The summed E-state index contributed by atoms with van der Waals surface area (Å²) in [5.74, 6) is -1.17. The summed E-state index contributed by atoms with van der Waals surface area (Å²) in [4.78, 5) is 14.1. The second-order valence-electron chi connectivity index (χ2n) is 3.82. The molecule has 3 aromatic rings. The number of nitrogens with zero attached hydrogens (tertiary/aromatic N) is 1. The number of nitrogen functional groups attached to an aromatic ring is 1. The Morgan fingerprint density at radius 1 is 1.39 bits per heavy atom. The van der Waals surface area contributed by atoms with E-state index in [-0.39, 0.29) is 11.6 Å². The maximum atomic E-state index is 11.1. The van der Waals surface area contributed by atoms with Crippen LogP contribution < -0.4 is 5.73 Å². The number of aromatic carboxylic acids is 1. The van der Waals surface area contributed by atoms with Crippen molar-refractivity contribution < 1.29 is 14.4 Å². The molecule has 4 N–H and O–H groups in total. The van der Waals surface area contributed by atoms with E-state index < -0.39 is 5.97 Å². The molecule has 0 radical (unpaired) electrons. The Balaban J connectivity index is 2.33. The number of carboxylic acid groups (broad SMARTS) is 1. The minimum Gasteiger partial charge on any atom is -0.476 e. The van der Waals surface area contributed by atoms with Crippen LogP contribution in [0.25, 0.3) is 22.0 Å². The first-order chi connectivity index (χ1) is 8.68. The van der Waals surface area contributed by atoms with Crippen LogP contribution in [0.3, 0.4) is 0 Å². The molecule has 0 saturated carbocycles. The molecule has 0 unspecified atom stereocenters. The van der Waals surface area contributed by atoms with Gasteiger partial charge in [-0.3, -0.25) is 0 Å². The van der Waals surface area contributed by atoms with E-state index in [0.29, 0.717) is 11.1 Å². The fourth-order valence-electron chi connectivity index (χ4n) is 1.99. The highest BCUT2D eigenvalue weighted by atomic mass is 16.5. The van der Waals surface area contributed by atoms with Gasteiger partial charge in [-0.25, -0.2) is 4.79 Å². The van der Waals surface area contributed by atoms with Crippen molar-refractivity contribution in [2.75, 3.05) is 5.73 Å². The number of nitrogens with two attached hydrogens (primary N) is 1. The van der Waals surface area contributed by atoms with Gasteiger partial charge in [0, 0.05) is 22.7 Å². The predicted molar refractivity (Wildman–Crippen MR) is 65.2 cm³/mol. The maximum absolute atomic E-state index is 11.1. The molecular weight excluding hydrogens is 234 g/mol. The summed E-state index contributed by atoms with van der Waals surface area (Å²) in [7, 11) is 0. The number of rotatable bonds is 2. The van der Waals surface area contributed by atoms with E-state index in [9.17, 15) is 4.79 Å². The van der Waals surface area contributed by atoms with Crippen LogP contribution in [0.15, 0.2) is 35.0 Å². The van der Waals surface area contributed by atoms with Crippen LogP contribution in [0.4, 0.5) is 5.88 Å². The summed E-state index contributed by atoms with van der Waals surface area (Å²) < 4.78 is 4.76. The number of aromatic nitrogens is 2. The SMILES string of the molecule is Nc1onc(C(=O)O)c1-c1c[nH]c2ccccc12. The Kier molecular flexibility index (Phi) is 2.09. The number of aromatic amines is 1. The van der Waals surface area contributed by atoms with Crippen LogP contribution in [0.5, 0.6) is 0 Å². The van der Waals surface area contributed by atoms with Crippen molar-refractivity contribution >= 4 is 22.8 Å². The van der Waals surface area contributed by atoms with Gasteiger partial charge in [0.05, 0.1) is 5.56 Å². The zero-order chi connectivity index (χ0) is 12.7. The van der Waals surface area contributed by atoms with Gasteiger partial charge in [0.2, 0.25) is 11.6 Å². The number of fused-ring (bicyclic) bond motifs is 1. The maximum Gasteiger partial charge on any atom is 0.358 e. The van der Waals surface area contributed by atoms with E-state index in [1.807, 2.05) is 24.3 Å². The standard InChI is InChI=1S/C12H9N3O3/c13-11-9(10(12(16)17)15-18-11)7-5-14-8-4-2-1-3-6(7)8/h1-5,14H,13H2,(H,16,17). The minimum atomic E-state index is -1.17. The average Bonchev–Trinajstić information content (AvgIpc) is 2.92. The normalized spacial score (nSPS) is 10.9. The molecular formula is C12H9N3O3. The number of para-hydroxylation sites is 1. The third-order valence-electron chi connectivity index (χ3n) is 2.78.